The molecule has 0 saturated heterocycles. The van der Waals surface area contributed by atoms with Gasteiger partial charge in [0.1, 0.15) is 6.61 Å². The van der Waals surface area contributed by atoms with Crippen LogP contribution in [-0.2, 0) is 4.84 Å². The van der Waals surface area contributed by atoms with E-state index >= 15 is 0 Å². The van der Waals surface area contributed by atoms with Crippen molar-refractivity contribution in [2.24, 2.45) is 5.16 Å². The number of hydrogen-bond donors (Lipinski definition) is 1. The van der Waals surface area contributed by atoms with Crippen molar-refractivity contribution in [1.82, 2.24) is 5.32 Å². The molecule has 0 bridgehead atoms. The molecular weight excluding hydrogens is 140 g/mol. The Balaban J connectivity index is 1.83. The summed E-state index contributed by atoms with van der Waals surface area (Å²) in [4.78, 5) is 5.00. The zero-order valence-electron chi connectivity index (χ0n) is 7.26. The number of nitrogens with one attached hydrogen (secondary N) is 1. The minimum atomic E-state index is 0.682. The van der Waals surface area contributed by atoms with Crippen molar-refractivity contribution in [2.75, 3.05) is 13.2 Å². The predicted molar refractivity (Wildman–Crippen MR) is 45.8 cm³/mol. The van der Waals surface area contributed by atoms with Crippen molar-refractivity contribution >= 4 is 5.71 Å². The van der Waals surface area contributed by atoms with Gasteiger partial charge in [-0.05, 0) is 26.7 Å². The monoisotopic (exact) mass is 156 g/mol. The predicted octanol–water partition coefficient (Wildman–Crippen LogP) is 1.15. The average molecular weight is 156 g/mol. The molecule has 1 fully saturated rings. The van der Waals surface area contributed by atoms with Gasteiger partial charge in [0.05, 0.1) is 5.71 Å². The van der Waals surface area contributed by atoms with E-state index in [0.29, 0.717) is 6.61 Å². The molecule has 0 aliphatic heterocycles. The van der Waals surface area contributed by atoms with Gasteiger partial charge in [0.15, 0.2) is 0 Å². The van der Waals surface area contributed by atoms with Gasteiger partial charge in [-0.3, -0.25) is 0 Å². The third-order valence-electron chi connectivity index (χ3n) is 1.45. The molecule has 1 saturated carbocycles. The molecule has 64 valence electrons. The molecule has 11 heavy (non-hydrogen) atoms. The molecule has 0 unspecified atom stereocenters. The van der Waals surface area contributed by atoms with E-state index in [1.165, 1.54) is 12.8 Å². The maximum atomic E-state index is 5.00. The first-order valence-electron chi connectivity index (χ1n) is 4.15. The topological polar surface area (TPSA) is 33.6 Å². The Morgan fingerprint density at radius 1 is 1.55 bits per heavy atom. The van der Waals surface area contributed by atoms with Crippen LogP contribution in [0.25, 0.3) is 0 Å². The van der Waals surface area contributed by atoms with Crippen LogP contribution in [0.4, 0.5) is 0 Å². The van der Waals surface area contributed by atoms with Gasteiger partial charge in [0.25, 0.3) is 0 Å². The zero-order chi connectivity index (χ0) is 8.10. The van der Waals surface area contributed by atoms with E-state index < -0.39 is 0 Å². The molecule has 1 N–H and O–H groups in total. The molecule has 3 heteroatoms. The molecule has 0 atom stereocenters. The first kappa shape index (κ1) is 8.53. The highest BCUT2D eigenvalue weighted by atomic mass is 16.6. The van der Waals surface area contributed by atoms with Gasteiger partial charge in [-0.2, -0.15) is 0 Å². The normalized spacial score (nSPS) is 16.2. The first-order valence-corrected chi connectivity index (χ1v) is 4.15. The fourth-order valence-corrected chi connectivity index (χ4v) is 0.771. The first-order chi connectivity index (χ1) is 5.29. The van der Waals surface area contributed by atoms with Crippen LogP contribution in [0.2, 0.25) is 0 Å². The summed E-state index contributed by atoms with van der Waals surface area (Å²) in [5.74, 6) is 0. The minimum absolute atomic E-state index is 0.682. The summed E-state index contributed by atoms with van der Waals surface area (Å²) in [5.41, 5.74) is 0.969. The Labute approximate surface area is 67.8 Å². The van der Waals surface area contributed by atoms with E-state index in [2.05, 4.69) is 10.5 Å². The largest absolute Gasteiger partial charge is 0.395 e. The van der Waals surface area contributed by atoms with E-state index in [1.54, 1.807) is 0 Å². The Morgan fingerprint density at radius 2 is 2.27 bits per heavy atom. The Bertz CT molecular complexity index is 137. The van der Waals surface area contributed by atoms with Crippen LogP contribution >= 0.6 is 0 Å². The summed E-state index contributed by atoms with van der Waals surface area (Å²) in [6.07, 6.45) is 2.66. The zero-order valence-corrected chi connectivity index (χ0v) is 7.26. The fourth-order valence-electron chi connectivity index (χ4n) is 0.771. The summed E-state index contributed by atoms with van der Waals surface area (Å²) in [7, 11) is 0. The van der Waals surface area contributed by atoms with Gasteiger partial charge in [0, 0.05) is 12.6 Å². The number of rotatable bonds is 5. The SMILES string of the molecule is CC(C)=NOCCNC1CC1. The maximum absolute atomic E-state index is 5.00. The molecule has 1 aliphatic carbocycles. The van der Waals surface area contributed by atoms with Crippen LogP contribution in [0.3, 0.4) is 0 Å². The van der Waals surface area contributed by atoms with E-state index in [-0.39, 0.29) is 0 Å². The Morgan fingerprint density at radius 3 is 2.82 bits per heavy atom. The lowest BCUT2D eigenvalue weighted by molar-refractivity contribution is 0.145. The lowest BCUT2D eigenvalue weighted by Gasteiger charge is -2.00. The van der Waals surface area contributed by atoms with Crippen LogP contribution in [0.15, 0.2) is 5.16 Å². The molecule has 1 aliphatic rings. The maximum Gasteiger partial charge on any atom is 0.129 e. The number of hydrogen-bond acceptors (Lipinski definition) is 3. The van der Waals surface area contributed by atoms with Gasteiger partial charge < -0.3 is 10.2 Å². The van der Waals surface area contributed by atoms with Crippen molar-refractivity contribution < 1.29 is 4.84 Å². The van der Waals surface area contributed by atoms with Crippen molar-refractivity contribution in [3.8, 4) is 0 Å². The molecule has 0 aromatic carbocycles. The number of oxime groups is 1. The highest BCUT2D eigenvalue weighted by Crippen LogP contribution is 2.17. The summed E-state index contributed by atoms with van der Waals surface area (Å²) >= 11 is 0. The van der Waals surface area contributed by atoms with E-state index in [9.17, 15) is 0 Å². The molecule has 1 rings (SSSR count). The highest BCUT2D eigenvalue weighted by Gasteiger charge is 2.19. The van der Waals surface area contributed by atoms with Crippen molar-refractivity contribution in [3.63, 3.8) is 0 Å². The summed E-state index contributed by atoms with van der Waals surface area (Å²) in [6, 6.07) is 0.769. The quantitative estimate of drug-likeness (QED) is 0.368. The van der Waals surface area contributed by atoms with Crippen LogP contribution in [0, 0.1) is 0 Å². The van der Waals surface area contributed by atoms with Crippen LogP contribution < -0.4 is 5.32 Å². The van der Waals surface area contributed by atoms with Crippen LogP contribution in [-0.4, -0.2) is 24.9 Å². The van der Waals surface area contributed by atoms with Gasteiger partial charge >= 0.3 is 0 Å². The molecule has 0 radical (unpaired) electrons. The van der Waals surface area contributed by atoms with E-state index in [0.717, 1.165) is 18.3 Å². The van der Waals surface area contributed by atoms with Crippen LogP contribution in [0.1, 0.15) is 26.7 Å². The summed E-state index contributed by atoms with van der Waals surface area (Å²) < 4.78 is 0. The average Bonchev–Trinajstić information content (AvgIpc) is 2.70. The standard InChI is InChI=1S/C8H16N2O/c1-7(2)10-11-6-5-9-8-3-4-8/h8-9H,3-6H2,1-2H3. The lowest BCUT2D eigenvalue weighted by Crippen LogP contribution is -2.20. The lowest BCUT2D eigenvalue weighted by atomic mass is 10.5. The van der Waals surface area contributed by atoms with Crippen LogP contribution in [0.5, 0.6) is 0 Å². The molecule has 0 aromatic rings. The molecule has 0 aromatic heterocycles. The van der Waals surface area contributed by atoms with E-state index in [1.807, 2.05) is 13.8 Å². The molecular formula is C8H16N2O. The molecule has 0 amide bonds. The molecule has 0 heterocycles. The number of nitrogens with zero attached hydrogens (tertiary/aromatic N) is 1. The summed E-state index contributed by atoms with van der Waals surface area (Å²) in [5, 5.41) is 7.15. The second kappa shape index (κ2) is 4.34. The highest BCUT2D eigenvalue weighted by molar-refractivity contribution is 5.78. The molecule has 3 nitrogen and oxygen atoms in total. The second-order valence-corrected chi connectivity index (χ2v) is 3.10. The Hall–Kier alpha value is -0.570. The third kappa shape index (κ3) is 4.79. The van der Waals surface area contributed by atoms with Crippen molar-refractivity contribution in [2.45, 2.75) is 32.7 Å². The Kier molecular flexibility index (Phi) is 3.36. The smallest absolute Gasteiger partial charge is 0.129 e. The second-order valence-electron chi connectivity index (χ2n) is 3.10. The minimum Gasteiger partial charge on any atom is -0.395 e. The van der Waals surface area contributed by atoms with Crippen molar-refractivity contribution in [1.29, 1.82) is 0 Å². The molecule has 0 spiro atoms. The van der Waals surface area contributed by atoms with Gasteiger partial charge in [-0.25, -0.2) is 0 Å². The van der Waals surface area contributed by atoms with Gasteiger partial charge in [0.2, 0.25) is 0 Å². The third-order valence-corrected chi connectivity index (χ3v) is 1.45. The van der Waals surface area contributed by atoms with Crippen molar-refractivity contribution in [3.05, 3.63) is 0 Å². The van der Waals surface area contributed by atoms with Gasteiger partial charge in [-0.15, -0.1) is 0 Å². The summed E-state index contributed by atoms with van der Waals surface area (Å²) in [6.45, 7) is 5.45. The van der Waals surface area contributed by atoms with E-state index in [4.69, 9.17) is 4.84 Å². The van der Waals surface area contributed by atoms with Gasteiger partial charge in [-0.1, -0.05) is 5.16 Å². The fraction of sp³-hybridized carbons (Fsp3) is 0.875.